The van der Waals surface area contributed by atoms with Gasteiger partial charge in [-0.2, -0.15) is 0 Å². The van der Waals surface area contributed by atoms with Crippen LogP contribution in [0.15, 0.2) is 0 Å². The number of carbonyl (C=O) groups is 1. The fraction of sp³-hybridized carbons (Fsp3) is 0.917. The molecule has 0 aromatic rings. The van der Waals surface area contributed by atoms with Gasteiger partial charge in [0, 0.05) is 11.3 Å². The van der Waals surface area contributed by atoms with Crippen molar-refractivity contribution in [2.75, 3.05) is 13.2 Å². The summed E-state index contributed by atoms with van der Waals surface area (Å²) in [5, 5.41) is 0. The lowest BCUT2D eigenvalue weighted by atomic mass is 9.70. The second-order valence-electron chi connectivity index (χ2n) is 5.84. The molecule has 3 nitrogen and oxygen atoms in total. The van der Waals surface area contributed by atoms with E-state index in [9.17, 15) is 4.79 Å². The van der Waals surface area contributed by atoms with Crippen molar-refractivity contribution in [1.29, 1.82) is 0 Å². The van der Waals surface area contributed by atoms with Gasteiger partial charge in [-0.25, -0.2) is 0 Å². The van der Waals surface area contributed by atoms with Gasteiger partial charge in [-0.1, -0.05) is 20.8 Å². The second kappa shape index (κ2) is 2.46. The van der Waals surface area contributed by atoms with Gasteiger partial charge in [0.2, 0.25) is 5.79 Å². The van der Waals surface area contributed by atoms with E-state index in [1.807, 2.05) is 0 Å². The predicted molar refractivity (Wildman–Crippen MR) is 54.3 cm³/mol. The minimum absolute atomic E-state index is 0.00836. The smallest absolute Gasteiger partial charge is 0.233 e. The van der Waals surface area contributed by atoms with Crippen molar-refractivity contribution in [3.63, 3.8) is 0 Å². The quantitative estimate of drug-likeness (QED) is 0.611. The van der Waals surface area contributed by atoms with E-state index in [1.165, 1.54) is 0 Å². The van der Waals surface area contributed by atoms with Crippen LogP contribution < -0.4 is 0 Å². The van der Waals surface area contributed by atoms with E-state index < -0.39 is 5.79 Å². The van der Waals surface area contributed by atoms with Crippen LogP contribution in [0.4, 0.5) is 0 Å². The normalized spacial score (nSPS) is 45.5. The third kappa shape index (κ3) is 0.806. The molecule has 3 aliphatic rings. The molecule has 1 heterocycles. The first kappa shape index (κ1) is 9.79. The molecule has 0 aromatic heterocycles. The molecule has 0 amide bonds. The monoisotopic (exact) mass is 210 g/mol. The zero-order chi connectivity index (χ0) is 10.9. The predicted octanol–water partition coefficient (Wildman–Crippen LogP) is 1.75. The van der Waals surface area contributed by atoms with E-state index in [0.29, 0.717) is 13.2 Å². The van der Waals surface area contributed by atoms with Gasteiger partial charge in [-0.3, -0.25) is 4.79 Å². The van der Waals surface area contributed by atoms with Crippen LogP contribution in [0.5, 0.6) is 0 Å². The third-order valence-corrected chi connectivity index (χ3v) is 5.22. The van der Waals surface area contributed by atoms with Crippen LogP contribution >= 0.6 is 0 Å². The Hall–Kier alpha value is -0.410. The second-order valence-corrected chi connectivity index (χ2v) is 5.84. The van der Waals surface area contributed by atoms with Crippen molar-refractivity contribution >= 4 is 5.78 Å². The molecule has 84 valence electrons. The lowest BCUT2D eigenvalue weighted by Crippen LogP contribution is -2.47. The Morgan fingerprint density at radius 2 is 1.80 bits per heavy atom. The molecule has 15 heavy (non-hydrogen) atoms. The van der Waals surface area contributed by atoms with E-state index in [2.05, 4.69) is 20.8 Å². The summed E-state index contributed by atoms with van der Waals surface area (Å²) in [6, 6.07) is 0. The third-order valence-electron chi connectivity index (χ3n) is 5.22. The molecule has 3 heteroatoms. The Bertz CT molecular complexity index is 328. The molecule has 2 bridgehead atoms. The number of ether oxygens (including phenoxy) is 2. The fourth-order valence-corrected chi connectivity index (χ4v) is 3.88. The number of Topliss-reactive ketones (excluding diaryl/α,β-unsaturated/α-hetero) is 1. The molecule has 2 saturated carbocycles. The first-order valence-electron chi connectivity index (χ1n) is 5.78. The standard InChI is InChI=1S/C12H18O3/c1-10(2)8-4-5-11(10,3)9(13)12(8)14-6-7-15-12/h8H,4-7H2,1-3H3/t8-,11+/m0/s1. The van der Waals surface area contributed by atoms with Gasteiger partial charge in [0.1, 0.15) is 0 Å². The van der Waals surface area contributed by atoms with E-state index in [-0.39, 0.29) is 22.5 Å². The number of hydrogen-bond donors (Lipinski definition) is 0. The number of fused-ring (bicyclic) bond motifs is 3. The molecule has 1 saturated heterocycles. The molecule has 0 N–H and O–H groups in total. The van der Waals surface area contributed by atoms with Crippen LogP contribution in [0.3, 0.4) is 0 Å². The molecular formula is C12H18O3. The highest BCUT2D eigenvalue weighted by Crippen LogP contribution is 2.68. The highest BCUT2D eigenvalue weighted by molar-refractivity contribution is 5.96. The molecule has 1 aliphatic heterocycles. The van der Waals surface area contributed by atoms with Gasteiger partial charge in [0.25, 0.3) is 0 Å². The maximum Gasteiger partial charge on any atom is 0.233 e. The molecule has 3 rings (SSSR count). The summed E-state index contributed by atoms with van der Waals surface area (Å²) in [6.45, 7) is 7.57. The summed E-state index contributed by atoms with van der Waals surface area (Å²) in [6.07, 6.45) is 2.03. The Morgan fingerprint density at radius 3 is 2.27 bits per heavy atom. The maximum absolute atomic E-state index is 12.5. The zero-order valence-corrected chi connectivity index (χ0v) is 9.63. The Kier molecular flexibility index (Phi) is 1.61. The first-order valence-corrected chi connectivity index (χ1v) is 5.78. The van der Waals surface area contributed by atoms with E-state index in [4.69, 9.17) is 9.47 Å². The zero-order valence-electron chi connectivity index (χ0n) is 9.63. The lowest BCUT2D eigenvalue weighted by molar-refractivity contribution is -0.199. The number of ketones is 1. The number of rotatable bonds is 0. The summed E-state index contributed by atoms with van der Waals surface area (Å²) >= 11 is 0. The molecule has 0 radical (unpaired) electrons. The van der Waals surface area contributed by atoms with Gasteiger partial charge < -0.3 is 9.47 Å². The van der Waals surface area contributed by atoms with Crippen LogP contribution in [-0.4, -0.2) is 24.8 Å². The van der Waals surface area contributed by atoms with Gasteiger partial charge in [0.05, 0.1) is 13.2 Å². The van der Waals surface area contributed by atoms with Crippen LogP contribution in [0.25, 0.3) is 0 Å². The van der Waals surface area contributed by atoms with Gasteiger partial charge in [-0.15, -0.1) is 0 Å². The van der Waals surface area contributed by atoms with Crippen molar-refractivity contribution < 1.29 is 14.3 Å². The van der Waals surface area contributed by atoms with Gasteiger partial charge in [-0.05, 0) is 18.3 Å². The molecule has 0 aromatic carbocycles. The molecular weight excluding hydrogens is 192 g/mol. The first-order chi connectivity index (χ1) is 6.95. The minimum atomic E-state index is -0.878. The minimum Gasteiger partial charge on any atom is -0.341 e. The molecule has 0 unspecified atom stereocenters. The highest BCUT2D eigenvalue weighted by Gasteiger charge is 2.75. The average molecular weight is 210 g/mol. The van der Waals surface area contributed by atoms with Gasteiger partial charge >= 0.3 is 0 Å². The number of hydrogen-bond acceptors (Lipinski definition) is 3. The van der Waals surface area contributed by atoms with Crippen LogP contribution in [0.1, 0.15) is 33.6 Å². The molecule has 3 fully saturated rings. The van der Waals surface area contributed by atoms with Crippen LogP contribution in [-0.2, 0) is 14.3 Å². The van der Waals surface area contributed by atoms with E-state index in [0.717, 1.165) is 12.8 Å². The van der Waals surface area contributed by atoms with E-state index in [1.54, 1.807) is 0 Å². The Morgan fingerprint density at radius 1 is 1.20 bits per heavy atom. The molecule has 1 spiro atoms. The largest absolute Gasteiger partial charge is 0.341 e. The molecule has 2 aliphatic carbocycles. The van der Waals surface area contributed by atoms with Crippen LogP contribution in [0.2, 0.25) is 0 Å². The van der Waals surface area contributed by atoms with Gasteiger partial charge in [0.15, 0.2) is 5.78 Å². The summed E-state index contributed by atoms with van der Waals surface area (Å²) in [5.74, 6) is -0.449. The summed E-state index contributed by atoms with van der Waals surface area (Å²) in [4.78, 5) is 12.5. The van der Waals surface area contributed by atoms with Crippen molar-refractivity contribution in [3.05, 3.63) is 0 Å². The SMILES string of the molecule is CC1(C)[C@@H]2CC[C@]1(C)C(=O)C21OCCO1. The average Bonchev–Trinajstić information content (AvgIpc) is 2.74. The topological polar surface area (TPSA) is 35.5 Å². The van der Waals surface area contributed by atoms with E-state index >= 15 is 0 Å². The van der Waals surface area contributed by atoms with Crippen LogP contribution in [0, 0.1) is 16.7 Å². The number of carbonyl (C=O) groups excluding carboxylic acids is 1. The van der Waals surface area contributed by atoms with Crippen molar-refractivity contribution in [1.82, 2.24) is 0 Å². The Labute approximate surface area is 90.1 Å². The lowest BCUT2D eigenvalue weighted by Gasteiger charge is -2.32. The van der Waals surface area contributed by atoms with Crippen molar-refractivity contribution in [2.24, 2.45) is 16.7 Å². The maximum atomic E-state index is 12.5. The van der Waals surface area contributed by atoms with Crippen molar-refractivity contribution in [2.45, 2.75) is 39.4 Å². The summed E-state index contributed by atoms with van der Waals surface area (Å²) in [5.41, 5.74) is -0.240. The summed E-state index contributed by atoms with van der Waals surface area (Å²) in [7, 11) is 0. The fourth-order valence-electron chi connectivity index (χ4n) is 3.88. The van der Waals surface area contributed by atoms with Crippen molar-refractivity contribution in [3.8, 4) is 0 Å². The highest BCUT2D eigenvalue weighted by atomic mass is 16.7. The molecule has 2 atom stereocenters. The summed E-state index contributed by atoms with van der Waals surface area (Å²) < 4.78 is 11.4. The Balaban J connectivity index is 2.14.